The zero-order valence-corrected chi connectivity index (χ0v) is 27.9. The van der Waals surface area contributed by atoms with E-state index >= 15 is 0 Å². The van der Waals surface area contributed by atoms with Gasteiger partial charge in [-0.15, -0.1) is 0 Å². The summed E-state index contributed by atoms with van der Waals surface area (Å²) >= 11 is 0. The van der Waals surface area contributed by atoms with E-state index in [2.05, 4.69) is 144 Å². The number of benzene rings is 8. The molecule has 0 amide bonds. The van der Waals surface area contributed by atoms with Gasteiger partial charge in [0.1, 0.15) is 33.5 Å². The first-order valence-electron chi connectivity index (χ1n) is 17.5. The smallest absolute Gasteiger partial charge is 0.145 e. The normalized spacial score (nSPS) is 11.8. The Morgan fingerprint density at radius 3 is 1.69 bits per heavy atom. The SMILES string of the molecule is c1ccc(-c2ccc3c(c2)oc2c(-c4ccccc4)ccc(N(c4ccc5c(c4)oc4ccccc45)c4ccc5oc6ccccc6c5c4)c23)cc1. The van der Waals surface area contributed by atoms with Crippen LogP contribution in [0.2, 0.25) is 0 Å². The van der Waals surface area contributed by atoms with Crippen LogP contribution in [0.1, 0.15) is 0 Å². The van der Waals surface area contributed by atoms with E-state index in [1.54, 1.807) is 0 Å². The van der Waals surface area contributed by atoms with Gasteiger partial charge in [-0.05, 0) is 83.4 Å². The van der Waals surface area contributed by atoms with Gasteiger partial charge >= 0.3 is 0 Å². The fraction of sp³-hybridized carbons (Fsp3) is 0. The van der Waals surface area contributed by atoms with E-state index in [0.717, 1.165) is 105 Å². The molecule has 0 saturated carbocycles. The molecule has 4 nitrogen and oxygen atoms in total. The molecule has 0 aliphatic heterocycles. The summed E-state index contributed by atoms with van der Waals surface area (Å²) in [6, 6.07) is 61.3. The first-order valence-corrected chi connectivity index (χ1v) is 17.5. The second-order valence-electron chi connectivity index (χ2n) is 13.3. The third-order valence-corrected chi connectivity index (χ3v) is 10.3. The monoisotopic (exact) mass is 667 g/mol. The molecular formula is C48H29NO3. The van der Waals surface area contributed by atoms with Gasteiger partial charge in [0.25, 0.3) is 0 Å². The summed E-state index contributed by atoms with van der Waals surface area (Å²) in [5, 5.41) is 6.42. The number of hydrogen-bond donors (Lipinski definition) is 0. The summed E-state index contributed by atoms with van der Waals surface area (Å²) in [7, 11) is 0. The molecule has 0 saturated heterocycles. The third-order valence-electron chi connectivity index (χ3n) is 10.3. The van der Waals surface area contributed by atoms with Crippen molar-refractivity contribution in [1.82, 2.24) is 0 Å². The Labute approximate surface area is 298 Å². The highest BCUT2D eigenvalue weighted by Gasteiger charge is 2.24. The third kappa shape index (κ3) is 4.41. The van der Waals surface area contributed by atoms with Gasteiger partial charge in [0.15, 0.2) is 0 Å². The van der Waals surface area contributed by atoms with Crippen molar-refractivity contribution in [2.75, 3.05) is 4.90 Å². The van der Waals surface area contributed by atoms with E-state index in [9.17, 15) is 0 Å². The number of rotatable bonds is 5. The van der Waals surface area contributed by atoms with Crippen molar-refractivity contribution in [3.8, 4) is 22.3 Å². The second-order valence-corrected chi connectivity index (χ2v) is 13.3. The zero-order valence-electron chi connectivity index (χ0n) is 27.9. The first-order chi connectivity index (χ1) is 25.8. The lowest BCUT2D eigenvalue weighted by Gasteiger charge is -2.26. The zero-order chi connectivity index (χ0) is 34.2. The van der Waals surface area contributed by atoms with Crippen LogP contribution in [0, 0.1) is 0 Å². The molecule has 0 aliphatic rings. The molecular weight excluding hydrogens is 639 g/mol. The Morgan fingerprint density at radius 1 is 0.327 bits per heavy atom. The molecule has 0 unspecified atom stereocenters. The molecule has 3 heterocycles. The first kappa shape index (κ1) is 28.8. The van der Waals surface area contributed by atoms with Crippen LogP contribution in [-0.4, -0.2) is 0 Å². The number of nitrogens with zero attached hydrogens (tertiary/aromatic N) is 1. The topological polar surface area (TPSA) is 42.7 Å². The molecule has 0 atom stereocenters. The van der Waals surface area contributed by atoms with Crippen LogP contribution >= 0.6 is 0 Å². The minimum absolute atomic E-state index is 0.834. The van der Waals surface area contributed by atoms with Crippen LogP contribution in [0.3, 0.4) is 0 Å². The van der Waals surface area contributed by atoms with Crippen LogP contribution in [0.5, 0.6) is 0 Å². The lowest BCUT2D eigenvalue weighted by atomic mass is 9.98. The van der Waals surface area contributed by atoms with Crippen molar-refractivity contribution in [3.63, 3.8) is 0 Å². The van der Waals surface area contributed by atoms with E-state index < -0.39 is 0 Å². The van der Waals surface area contributed by atoms with E-state index in [4.69, 9.17) is 13.3 Å². The molecule has 0 N–H and O–H groups in total. The van der Waals surface area contributed by atoms with Crippen LogP contribution in [0.25, 0.3) is 88.1 Å². The summed E-state index contributed by atoms with van der Waals surface area (Å²) in [5.74, 6) is 0. The highest BCUT2D eigenvalue weighted by molar-refractivity contribution is 6.18. The maximum absolute atomic E-state index is 6.93. The molecule has 0 fully saturated rings. The number of fused-ring (bicyclic) bond motifs is 9. The van der Waals surface area contributed by atoms with E-state index in [1.807, 2.05) is 36.4 Å². The Balaban J connectivity index is 1.21. The minimum atomic E-state index is 0.834. The number of anilines is 3. The predicted molar refractivity (Wildman–Crippen MR) is 214 cm³/mol. The second kappa shape index (κ2) is 11.2. The Bertz CT molecular complexity index is 3130. The maximum Gasteiger partial charge on any atom is 0.145 e. The van der Waals surface area contributed by atoms with Crippen molar-refractivity contribution < 1.29 is 13.3 Å². The molecule has 11 rings (SSSR count). The minimum Gasteiger partial charge on any atom is -0.456 e. The molecule has 244 valence electrons. The van der Waals surface area contributed by atoms with Gasteiger partial charge in [-0.25, -0.2) is 0 Å². The molecule has 11 aromatic rings. The Kier molecular flexibility index (Phi) is 6.22. The van der Waals surface area contributed by atoms with Crippen LogP contribution < -0.4 is 4.90 Å². The van der Waals surface area contributed by atoms with Gasteiger partial charge in [-0.3, -0.25) is 0 Å². The van der Waals surface area contributed by atoms with Crippen molar-refractivity contribution in [2.24, 2.45) is 0 Å². The number of para-hydroxylation sites is 2. The van der Waals surface area contributed by atoms with E-state index in [1.165, 1.54) is 0 Å². The number of furan rings is 3. The average molecular weight is 668 g/mol. The number of hydrogen-bond acceptors (Lipinski definition) is 4. The lowest BCUT2D eigenvalue weighted by Crippen LogP contribution is -2.10. The predicted octanol–water partition coefficient (Wildman–Crippen LogP) is 14.2. The van der Waals surface area contributed by atoms with Crippen molar-refractivity contribution in [1.29, 1.82) is 0 Å². The standard InChI is InChI=1S/C48H29NO3/c1-3-11-30(12-4-1)32-19-22-39-45(27-32)52-48-35(31-13-5-2-6-14-31)24-25-41(47(39)48)49(33-21-26-44-40(28-33)37-16-8-10-18-43(37)50-44)34-20-23-38-36-15-7-9-17-42(36)51-46(38)29-34/h1-29H. The van der Waals surface area contributed by atoms with Crippen LogP contribution in [-0.2, 0) is 0 Å². The molecule has 0 aliphatic carbocycles. The summed E-state index contributed by atoms with van der Waals surface area (Å²) in [4.78, 5) is 2.32. The lowest BCUT2D eigenvalue weighted by molar-refractivity contribution is 0.668. The molecule has 4 heteroatoms. The van der Waals surface area contributed by atoms with Gasteiger partial charge in [-0.1, -0.05) is 103 Å². The summed E-state index contributed by atoms with van der Waals surface area (Å²) in [6.45, 7) is 0. The maximum atomic E-state index is 6.93. The van der Waals surface area contributed by atoms with Crippen molar-refractivity contribution in [3.05, 3.63) is 176 Å². The van der Waals surface area contributed by atoms with E-state index in [-0.39, 0.29) is 0 Å². The Morgan fingerprint density at radius 2 is 0.904 bits per heavy atom. The van der Waals surface area contributed by atoms with Gasteiger partial charge in [0, 0.05) is 49.9 Å². The summed E-state index contributed by atoms with van der Waals surface area (Å²) < 4.78 is 19.6. The summed E-state index contributed by atoms with van der Waals surface area (Å²) in [5.41, 5.74) is 12.5. The molecule has 52 heavy (non-hydrogen) atoms. The van der Waals surface area contributed by atoms with Crippen molar-refractivity contribution in [2.45, 2.75) is 0 Å². The largest absolute Gasteiger partial charge is 0.456 e. The molecule has 0 bridgehead atoms. The van der Waals surface area contributed by atoms with Crippen LogP contribution in [0.4, 0.5) is 17.1 Å². The fourth-order valence-corrected chi connectivity index (χ4v) is 7.84. The highest BCUT2D eigenvalue weighted by atomic mass is 16.3. The van der Waals surface area contributed by atoms with Gasteiger partial charge in [-0.2, -0.15) is 0 Å². The quantitative estimate of drug-likeness (QED) is 0.183. The highest BCUT2D eigenvalue weighted by Crippen LogP contribution is 2.48. The van der Waals surface area contributed by atoms with Crippen LogP contribution in [0.15, 0.2) is 189 Å². The van der Waals surface area contributed by atoms with Gasteiger partial charge in [0.05, 0.1) is 11.1 Å². The summed E-state index contributed by atoms with van der Waals surface area (Å²) in [6.07, 6.45) is 0. The van der Waals surface area contributed by atoms with Crippen molar-refractivity contribution >= 4 is 82.9 Å². The molecule has 0 spiro atoms. The van der Waals surface area contributed by atoms with Gasteiger partial charge in [0.2, 0.25) is 0 Å². The molecule has 0 radical (unpaired) electrons. The molecule has 3 aromatic heterocycles. The molecule has 8 aromatic carbocycles. The average Bonchev–Trinajstić information content (AvgIpc) is 3.89. The van der Waals surface area contributed by atoms with Gasteiger partial charge < -0.3 is 18.2 Å². The fourth-order valence-electron chi connectivity index (χ4n) is 7.84. The van der Waals surface area contributed by atoms with E-state index in [0.29, 0.717) is 0 Å². The Hall–Kier alpha value is -7.04.